The van der Waals surface area contributed by atoms with Crippen LogP contribution in [0.4, 0.5) is 0 Å². The van der Waals surface area contributed by atoms with E-state index in [1.807, 2.05) is 36.4 Å². The number of carboxylic acid groups (broad SMARTS) is 1. The van der Waals surface area contributed by atoms with Crippen LogP contribution < -0.4 is 0 Å². The molecular weight excluding hydrogens is 396 g/mol. The predicted octanol–water partition coefficient (Wildman–Crippen LogP) is 7.16. The maximum Gasteiger partial charge on any atom is 0.328 e. The van der Waals surface area contributed by atoms with E-state index in [1.54, 1.807) is 12.1 Å². The summed E-state index contributed by atoms with van der Waals surface area (Å²) < 4.78 is 0. The first-order valence-electron chi connectivity index (χ1n) is 10.2. The Bertz CT molecular complexity index is 997. The number of benzene rings is 2. The summed E-state index contributed by atoms with van der Waals surface area (Å²) in [5, 5.41) is 19.0. The van der Waals surface area contributed by atoms with Crippen molar-refractivity contribution < 1.29 is 15.0 Å². The van der Waals surface area contributed by atoms with Crippen LogP contribution in [0.2, 0.25) is 5.02 Å². The van der Waals surface area contributed by atoms with Crippen molar-refractivity contribution in [2.45, 2.75) is 46.5 Å². The monoisotopic (exact) mass is 424 g/mol. The summed E-state index contributed by atoms with van der Waals surface area (Å²) in [6.07, 6.45) is 7.04. The molecular formula is C26H29ClO3. The summed E-state index contributed by atoms with van der Waals surface area (Å²) in [5.41, 5.74) is 4.60. The molecule has 30 heavy (non-hydrogen) atoms. The summed E-state index contributed by atoms with van der Waals surface area (Å²) in [6, 6.07) is 13.4. The maximum atomic E-state index is 10.7. The van der Waals surface area contributed by atoms with Crippen LogP contribution in [-0.4, -0.2) is 16.2 Å². The lowest BCUT2D eigenvalue weighted by Crippen LogP contribution is -2.36. The Morgan fingerprint density at radius 3 is 2.30 bits per heavy atom. The molecule has 2 aromatic rings. The van der Waals surface area contributed by atoms with Gasteiger partial charge in [-0.1, -0.05) is 81.3 Å². The lowest BCUT2D eigenvalue weighted by molar-refractivity contribution is -0.131. The predicted molar refractivity (Wildman–Crippen MR) is 124 cm³/mol. The van der Waals surface area contributed by atoms with E-state index in [1.165, 1.54) is 5.57 Å². The zero-order chi connectivity index (χ0) is 22.1. The minimum atomic E-state index is -0.955. The van der Waals surface area contributed by atoms with E-state index in [-0.39, 0.29) is 22.5 Å². The maximum absolute atomic E-state index is 10.7. The Labute approximate surface area is 183 Å². The number of phenolic OH excluding ortho intramolecular Hbond substituents is 1. The number of halogens is 1. The number of aliphatic carboxylic acids is 1. The first-order chi connectivity index (χ1) is 14.0. The minimum Gasteiger partial charge on any atom is -0.506 e. The van der Waals surface area contributed by atoms with E-state index in [0.717, 1.165) is 35.6 Å². The highest BCUT2D eigenvalue weighted by atomic mass is 35.5. The highest BCUT2D eigenvalue weighted by Crippen LogP contribution is 2.56. The number of phenols is 1. The second kappa shape index (κ2) is 8.31. The van der Waals surface area contributed by atoms with Gasteiger partial charge in [-0.05, 0) is 58.6 Å². The van der Waals surface area contributed by atoms with Gasteiger partial charge in [-0.2, -0.15) is 0 Å². The van der Waals surface area contributed by atoms with Gasteiger partial charge in [-0.3, -0.25) is 0 Å². The van der Waals surface area contributed by atoms with Crippen molar-refractivity contribution >= 4 is 29.7 Å². The van der Waals surface area contributed by atoms with Crippen molar-refractivity contribution in [3.05, 3.63) is 75.8 Å². The lowest BCUT2D eigenvalue weighted by Gasteiger charge is -2.48. The van der Waals surface area contributed by atoms with Gasteiger partial charge in [-0.25, -0.2) is 4.79 Å². The normalized spacial score (nSPS) is 21.8. The summed E-state index contributed by atoms with van der Waals surface area (Å²) in [7, 11) is 0. The third-order valence-corrected chi connectivity index (χ3v) is 6.08. The van der Waals surface area contributed by atoms with Crippen LogP contribution in [0.1, 0.15) is 63.1 Å². The fourth-order valence-electron chi connectivity index (χ4n) is 5.14. The number of carboxylic acids is 1. The van der Waals surface area contributed by atoms with Gasteiger partial charge in [0.15, 0.2) is 0 Å². The number of rotatable bonds is 4. The van der Waals surface area contributed by atoms with E-state index in [9.17, 15) is 9.90 Å². The molecule has 1 saturated carbocycles. The molecule has 0 amide bonds. The van der Waals surface area contributed by atoms with Gasteiger partial charge in [-0.15, -0.1) is 0 Å². The summed E-state index contributed by atoms with van der Waals surface area (Å²) >= 11 is 6.24. The fraction of sp³-hybridized carbons (Fsp3) is 0.346. The van der Waals surface area contributed by atoms with Gasteiger partial charge >= 0.3 is 5.97 Å². The van der Waals surface area contributed by atoms with Crippen molar-refractivity contribution in [2.24, 2.45) is 10.8 Å². The van der Waals surface area contributed by atoms with Crippen molar-refractivity contribution in [3.8, 4) is 5.75 Å². The Morgan fingerprint density at radius 1 is 1.07 bits per heavy atom. The summed E-state index contributed by atoms with van der Waals surface area (Å²) in [6.45, 7) is 9.21. The van der Waals surface area contributed by atoms with Gasteiger partial charge in [0.05, 0.1) is 5.02 Å². The smallest absolute Gasteiger partial charge is 0.328 e. The summed E-state index contributed by atoms with van der Waals surface area (Å²) in [4.78, 5) is 10.7. The third kappa shape index (κ3) is 5.14. The van der Waals surface area contributed by atoms with Crippen LogP contribution in [0, 0.1) is 10.8 Å². The van der Waals surface area contributed by atoms with Gasteiger partial charge in [0, 0.05) is 12.0 Å². The number of aromatic hydroxyl groups is 1. The second-order valence-electron chi connectivity index (χ2n) is 9.71. The molecule has 1 aliphatic carbocycles. The fourth-order valence-corrected chi connectivity index (χ4v) is 5.33. The van der Waals surface area contributed by atoms with Crippen LogP contribution in [-0.2, 0) is 4.79 Å². The van der Waals surface area contributed by atoms with Gasteiger partial charge in [0.1, 0.15) is 5.75 Å². The van der Waals surface area contributed by atoms with Crippen LogP contribution in [0.15, 0.2) is 54.1 Å². The largest absolute Gasteiger partial charge is 0.506 e. The number of carbonyl (C=O) groups is 1. The molecule has 3 rings (SSSR count). The van der Waals surface area contributed by atoms with E-state index < -0.39 is 5.97 Å². The molecule has 3 nitrogen and oxygen atoms in total. The Morgan fingerprint density at radius 2 is 1.70 bits per heavy atom. The molecule has 1 atom stereocenters. The molecule has 0 heterocycles. The first-order valence-corrected chi connectivity index (χ1v) is 10.5. The zero-order valence-electron chi connectivity index (χ0n) is 17.9. The van der Waals surface area contributed by atoms with E-state index in [0.29, 0.717) is 5.02 Å². The average Bonchev–Trinajstić information content (AvgIpc) is 2.62. The van der Waals surface area contributed by atoms with Crippen LogP contribution in [0.3, 0.4) is 0 Å². The quantitative estimate of drug-likeness (QED) is 0.512. The van der Waals surface area contributed by atoms with Gasteiger partial charge in [0.25, 0.3) is 0 Å². The molecule has 0 spiro atoms. The van der Waals surface area contributed by atoms with Crippen molar-refractivity contribution in [1.82, 2.24) is 0 Å². The van der Waals surface area contributed by atoms with E-state index in [4.69, 9.17) is 16.7 Å². The second-order valence-corrected chi connectivity index (χ2v) is 10.1. The highest BCUT2D eigenvalue weighted by molar-refractivity contribution is 6.32. The third-order valence-electron chi connectivity index (χ3n) is 5.78. The molecule has 1 unspecified atom stereocenters. The SMILES string of the molecule is CC1(C)CC(=Cc2ccc(/C=C/C(=O)O)cc2)C(c2ccc(O)c(Cl)c2)C(C)(C)C1. The standard InChI is InChI=1S/C26H29ClO3/c1-25(2)15-20(13-18-7-5-17(6-8-18)9-12-23(29)30)24(26(3,4)16-25)19-10-11-22(28)21(27)14-19/h5-14,24,28H,15-16H2,1-4H3,(H,29,30)/b12-9+,20-13?. The van der Waals surface area contributed by atoms with E-state index >= 15 is 0 Å². The molecule has 2 N–H and O–H groups in total. The Kier molecular flexibility index (Phi) is 6.14. The van der Waals surface area contributed by atoms with Crippen LogP contribution in [0.25, 0.3) is 12.2 Å². The Balaban J connectivity index is 2.03. The molecule has 0 saturated heterocycles. The zero-order valence-corrected chi connectivity index (χ0v) is 18.7. The molecule has 4 heteroatoms. The molecule has 0 aliphatic heterocycles. The van der Waals surface area contributed by atoms with Gasteiger partial charge < -0.3 is 10.2 Å². The molecule has 158 valence electrons. The average molecular weight is 425 g/mol. The topological polar surface area (TPSA) is 57.5 Å². The lowest BCUT2D eigenvalue weighted by atomic mass is 9.56. The molecule has 0 aromatic heterocycles. The highest BCUT2D eigenvalue weighted by Gasteiger charge is 2.43. The van der Waals surface area contributed by atoms with Crippen molar-refractivity contribution in [3.63, 3.8) is 0 Å². The first kappa shape index (κ1) is 22.2. The molecule has 1 aliphatic rings. The number of hydrogen-bond acceptors (Lipinski definition) is 2. The minimum absolute atomic E-state index is 0.0258. The Hall–Kier alpha value is -2.52. The molecule has 0 radical (unpaired) electrons. The number of hydrogen-bond donors (Lipinski definition) is 2. The van der Waals surface area contributed by atoms with Crippen LogP contribution >= 0.6 is 11.6 Å². The van der Waals surface area contributed by atoms with Crippen LogP contribution in [0.5, 0.6) is 5.75 Å². The van der Waals surface area contributed by atoms with Gasteiger partial charge in [0.2, 0.25) is 0 Å². The summed E-state index contributed by atoms with van der Waals surface area (Å²) in [5.74, 6) is -0.664. The van der Waals surface area contributed by atoms with Crippen molar-refractivity contribution in [1.29, 1.82) is 0 Å². The van der Waals surface area contributed by atoms with Crippen molar-refractivity contribution in [2.75, 3.05) is 0 Å². The molecule has 1 fully saturated rings. The van der Waals surface area contributed by atoms with E-state index in [2.05, 4.69) is 33.8 Å². The molecule has 2 aromatic carbocycles. The molecule has 0 bridgehead atoms. The number of allylic oxidation sites excluding steroid dienone is 1.